The van der Waals surface area contributed by atoms with Gasteiger partial charge in [0.1, 0.15) is 5.82 Å². The lowest BCUT2D eigenvalue weighted by molar-refractivity contribution is 0.0715. The van der Waals surface area contributed by atoms with Crippen LogP contribution in [0.2, 0.25) is 0 Å². The Morgan fingerprint density at radius 1 is 1.33 bits per heavy atom. The number of anilines is 1. The molecule has 18 heavy (non-hydrogen) atoms. The van der Waals surface area contributed by atoms with Crippen molar-refractivity contribution in [3.05, 3.63) is 17.8 Å². The molecule has 6 heteroatoms. The second-order valence-corrected chi connectivity index (χ2v) is 3.85. The maximum atomic E-state index is 12.1. The molecule has 1 rings (SSSR count). The summed E-state index contributed by atoms with van der Waals surface area (Å²) in [5.74, 6) is 0.458. The second-order valence-electron chi connectivity index (χ2n) is 3.85. The van der Waals surface area contributed by atoms with Crippen LogP contribution in [-0.4, -0.2) is 52.4 Å². The van der Waals surface area contributed by atoms with Crippen LogP contribution in [0.15, 0.2) is 12.1 Å². The normalized spacial score (nSPS) is 10.2. The Morgan fingerprint density at radius 2 is 2.11 bits per heavy atom. The minimum absolute atomic E-state index is 0.0470. The van der Waals surface area contributed by atoms with Gasteiger partial charge in [0, 0.05) is 19.6 Å². The van der Waals surface area contributed by atoms with Gasteiger partial charge in [0.25, 0.3) is 5.91 Å². The Hall–Kier alpha value is -1.69. The Balaban J connectivity index is 2.74. The largest absolute Gasteiger partial charge is 0.395 e. The van der Waals surface area contributed by atoms with E-state index in [0.717, 1.165) is 13.0 Å². The van der Waals surface area contributed by atoms with Crippen LogP contribution in [0.1, 0.15) is 30.8 Å². The van der Waals surface area contributed by atoms with Crippen LogP contribution in [-0.2, 0) is 0 Å². The molecule has 0 radical (unpaired) electrons. The molecule has 0 saturated heterocycles. The van der Waals surface area contributed by atoms with Crippen molar-refractivity contribution in [1.82, 2.24) is 15.1 Å². The minimum Gasteiger partial charge on any atom is -0.395 e. The molecule has 1 aromatic rings. The number of rotatable bonds is 7. The van der Waals surface area contributed by atoms with Crippen molar-refractivity contribution in [2.24, 2.45) is 0 Å². The lowest BCUT2D eigenvalue weighted by Gasteiger charge is -2.20. The molecule has 0 aliphatic heterocycles. The molecule has 1 heterocycles. The fraction of sp³-hybridized carbons (Fsp3) is 0.583. The van der Waals surface area contributed by atoms with Crippen molar-refractivity contribution in [3.63, 3.8) is 0 Å². The third kappa shape index (κ3) is 3.96. The molecule has 0 aromatic carbocycles. The molecule has 0 atom stereocenters. The third-order valence-corrected chi connectivity index (χ3v) is 2.39. The molecule has 0 bridgehead atoms. The van der Waals surface area contributed by atoms with E-state index in [1.54, 1.807) is 17.0 Å². The number of hydrogen-bond acceptors (Lipinski definition) is 5. The number of hydrogen-bond donors (Lipinski definition) is 2. The Labute approximate surface area is 107 Å². The number of aromatic nitrogens is 2. The van der Waals surface area contributed by atoms with E-state index in [0.29, 0.717) is 24.6 Å². The molecule has 0 unspecified atom stereocenters. The van der Waals surface area contributed by atoms with E-state index in [4.69, 9.17) is 5.11 Å². The van der Waals surface area contributed by atoms with E-state index < -0.39 is 0 Å². The maximum Gasteiger partial charge on any atom is 0.274 e. The smallest absolute Gasteiger partial charge is 0.274 e. The van der Waals surface area contributed by atoms with E-state index in [9.17, 15) is 4.79 Å². The first-order valence-electron chi connectivity index (χ1n) is 6.20. The topological polar surface area (TPSA) is 78.4 Å². The van der Waals surface area contributed by atoms with E-state index in [2.05, 4.69) is 15.5 Å². The fourth-order valence-electron chi connectivity index (χ4n) is 1.59. The highest BCUT2D eigenvalue weighted by atomic mass is 16.3. The van der Waals surface area contributed by atoms with Gasteiger partial charge in [-0.25, -0.2) is 0 Å². The summed E-state index contributed by atoms with van der Waals surface area (Å²) >= 11 is 0. The summed E-state index contributed by atoms with van der Waals surface area (Å²) in [6.45, 7) is 5.59. The van der Waals surface area contributed by atoms with Crippen LogP contribution in [0.5, 0.6) is 0 Å². The second kappa shape index (κ2) is 7.60. The Morgan fingerprint density at radius 3 is 2.61 bits per heavy atom. The molecular formula is C12H20N4O2. The highest BCUT2D eigenvalue weighted by Gasteiger charge is 2.16. The predicted octanol–water partition coefficient (Wildman–Crippen LogP) is 0.753. The van der Waals surface area contributed by atoms with Gasteiger partial charge < -0.3 is 15.3 Å². The van der Waals surface area contributed by atoms with Gasteiger partial charge in [0.05, 0.1) is 6.61 Å². The SMILES string of the molecule is CCCN(CCO)C(=O)c1ccc(NCC)nn1. The average Bonchev–Trinajstić information content (AvgIpc) is 2.39. The van der Waals surface area contributed by atoms with Crippen molar-refractivity contribution in [2.75, 3.05) is 31.6 Å². The van der Waals surface area contributed by atoms with Crippen LogP contribution in [0, 0.1) is 0 Å². The van der Waals surface area contributed by atoms with Crippen LogP contribution < -0.4 is 5.32 Å². The van der Waals surface area contributed by atoms with Gasteiger partial charge in [-0.3, -0.25) is 4.79 Å². The number of aliphatic hydroxyl groups is 1. The molecule has 6 nitrogen and oxygen atoms in total. The molecule has 100 valence electrons. The van der Waals surface area contributed by atoms with Crippen molar-refractivity contribution in [2.45, 2.75) is 20.3 Å². The molecule has 0 aliphatic carbocycles. The monoisotopic (exact) mass is 252 g/mol. The summed E-state index contributed by atoms with van der Waals surface area (Å²) in [7, 11) is 0. The van der Waals surface area contributed by atoms with Gasteiger partial charge in [-0.1, -0.05) is 6.92 Å². The Bertz CT molecular complexity index is 361. The number of nitrogens with one attached hydrogen (secondary N) is 1. The highest BCUT2D eigenvalue weighted by Crippen LogP contribution is 2.05. The van der Waals surface area contributed by atoms with E-state index in [1.165, 1.54) is 0 Å². The number of carbonyl (C=O) groups excluding carboxylic acids is 1. The first-order chi connectivity index (χ1) is 8.72. The zero-order valence-electron chi connectivity index (χ0n) is 10.9. The first kappa shape index (κ1) is 14.4. The van der Waals surface area contributed by atoms with Crippen LogP contribution >= 0.6 is 0 Å². The summed E-state index contributed by atoms with van der Waals surface area (Å²) in [4.78, 5) is 13.7. The number of amides is 1. The van der Waals surface area contributed by atoms with Gasteiger partial charge in [-0.2, -0.15) is 0 Å². The van der Waals surface area contributed by atoms with Crippen molar-refractivity contribution < 1.29 is 9.90 Å². The third-order valence-electron chi connectivity index (χ3n) is 2.39. The molecule has 0 spiro atoms. The quantitative estimate of drug-likeness (QED) is 0.749. The van der Waals surface area contributed by atoms with Gasteiger partial charge >= 0.3 is 0 Å². The van der Waals surface area contributed by atoms with E-state index in [1.807, 2.05) is 13.8 Å². The summed E-state index contributed by atoms with van der Waals surface area (Å²) in [6, 6.07) is 3.38. The zero-order chi connectivity index (χ0) is 13.4. The van der Waals surface area contributed by atoms with Crippen molar-refractivity contribution in [1.29, 1.82) is 0 Å². The predicted molar refractivity (Wildman–Crippen MR) is 69.5 cm³/mol. The lowest BCUT2D eigenvalue weighted by Crippen LogP contribution is -2.34. The van der Waals surface area contributed by atoms with E-state index in [-0.39, 0.29) is 12.5 Å². The van der Waals surface area contributed by atoms with Crippen LogP contribution in [0.4, 0.5) is 5.82 Å². The van der Waals surface area contributed by atoms with Gasteiger partial charge in [0.15, 0.2) is 5.69 Å². The fourth-order valence-corrected chi connectivity index (χ4v) is 1.59. The van der Waals surface area contributed by atoms with Crippen LogP contribution in [0.25, 0.3) is 0 Å². The van der Waals surface area contributed by atoms with E-state index >= 15 is 0 Å². The summed E-state index contributed by atoms with van der Waals surface area (Å²) < 4.78 is 0. The summed E-state index contributed by atoms with van der Waals surface area (Å²) in [6.07, 6.45) is 0.842. The molecule has 2 N–H and O–H groups in total. The van der Waals surface area contributed by atoms with Crippen molar-refractivity contribution >= 4 is 11.7 Å². The minimum atomic E-state index is -0.193. The van der Waals surface area contributed by atoms with Gasteiger partial charge in [0.2, 0.25) is 0 Å². The number of nitrogens with zero attached hydrogens (tertiary/aromatic N) is 3. The molecular weight excluding hydrogens is 232 g/mol. The van der Waals surface area contributed by atoms with Crippen molar-refractivity contribution in [3.8, 4) is 0 Å². The summed E-state index contributed by atoms with van der Waals surface area (Å²) in [5.41, 5.74) is 0.304. The molecule has 0 fully saturated rings. The number of aliphatic hydroxyl groups excluding tert-OH is 1. The molecule has 0 saturated carbocycles. The zero-order valence-corrected chi connectivity index (χ0v) is 10.9. The first-order valence-corrected chi connectivity index (χ1v) is 6.20. The van der Waals surface area contributed by atoms with Crippen LogP contribution in [0.3, 0.4) is 0 Å². The number of carbonyl (C=O) groups is 1. The highest BCUT2D eigenvalue weighted by molar-refractivity contribution is 5.92. The van der Waals surface area contributed by atoms with Gasteiger partial charge in [-0.15, -0.1) is 10.2 Å². The standard InChI is InChI=1S/C12H20N4O2/c1-3-7-16(8-9-17)12(18)10-5-6-11(13-4-2)15-14-10/h5-6,17H,3-4,7-9H2,1-2H3,(H,13,15). The van der Waals surface area contributed by atoms with Gasteiger partial charge in [-0.05, 0) is 25.5 Å². The molecule has 0 aliphatic rings. The Kier molecular flexibility index (Phi) is 6.07. The molecule has 1 aromatic heterocycles. The lowest BCUT2D eigenvalue weighted by atomic mass is 10.3. The maximum absolute atomic E-state index is 12.1. The summed E-state index contributed by atoms with van der Waals surface area (Å²) in [5, 5.41) is 19.8. The average molecular weight is 252 g/mol. The molecule has 1 amide bonds.